The topological polar surface area (TPSA) is 133 Å². The van der Waals surface area contributed by atoms with E-state index < -0.39 is 20.2 Å². The van der Waals surface area contributed by atoms with E-state index in [1.54, 1.807) is 0 Å². The van der Waals surface area contributed by atoms with Gasteiger partial charge >= 0.3 is 59.1 Å². The Morgan fingerprint density at radius 3 is 1.19 bits per heavy atom. The van der Waals surface area contributed by atoms with Crippen LogP contribution < -0.4 is 68.6 Å². The van der Waals surface area contributed by atoms with Crippen LogP contribution >= 0.6 is 48.0 Å². The fraction of sp³-hybridized carbons (Fsp3) is 0. The van der Waals surface area contributed by atoms with Gasteiger partial charge in [-0.25, -0.2) is 16.8 Å². The number of ether oxygens (including phenoxy) is 2. The van der Waals surface area contributed by atoms with E-state index in [2.05, 4.69) is 0 Å². The van der Waals surface area contributed by atoms with Crippen molar-refractivity contribution in [1.82, 2.24) is 0 Å². The van der Waals surface area contributed by atoms with Gasteiger partial charge < -0.3 is 18.6 Å². The molecule has 16 heteroatoms. The maximum atomic E-state index is 10.9. The molecule has 0 amide bonds. The Morgan fingerprint density at radius 2 is 0.881 bits per heavy atom. The summed E-state index contributed by atoms with van der Waals surface area (Å²) in [6, 6.07) is 29.4. The molecule has 0 spiro atoms. The summed E-state index contributed by atoms with van der Waals surface area (Å²) >= 11 is 12.6. The summed E-state index contributed by atoms with van der Waals surface area (Å²) in [6.45, 7) is 0. The van der Waals surface area contributed by atoms with Crippen molar-refractivity contribution in [1.29, 1.82) is 0 Å². The molecule has 4 aromatic rings. The summed E-state index contributed by atoms with van der Waals surface area (Å²) in [5.41, 5.74) is 0. The molecule has 8 nitrogen and oxygen atoms in total. The summed E-state index contributed by atoms with van der Waals surface area (Å²) in [6.07, 6.45) is 0. The predicted molar refractivity (Wildman–Crippen MR) is 160 cm³/mol. The number of thiocarbonyl (C=S) groups is 2. The number of thioether (sulfide) groups is 2. The minimum absolute atomic E-state index is 0. The second-order valence-corrected chi connectivity index (χ2v) is 13.5. The molecule has 0 aliphatic heterocycles. The van der Waals surface area contributed by atoms with E-state index in [1.165, 1.54) is 59.9 Å². The van der Waals surface area contributed by atoms with E-state index in [0.717, 1.165) is 21.9 Å². The van der Waals surface area contributed by atoms with Gasteiger partial charge in [0, 0.05) is 9.79 Å². The molecule has 0 saturated carbocycles. The molecule has 4 rings (SSSR count). The van der Waals surface area contributed by atoms with Gasteiger partial charge in [-0.3, -0.25) is 0 Å². The summed E-state index contributed by atoms with van der Waals surface area (Å²) in [5.74, 6) is 0.436. The molecule has 0 atom stereocenters. The standard InChI is InChI=1S/2C13H10O4S3.2Na/c2*14-20(15,16)12-8-4-5-10(9-12)17-13(18)19-11-6-2-1-3-7-11;;/h2*1-9H,(H,14,15,16);;/q;;2*+1/p-2. The van der Waals surface area contributed by atoms with Crippen molar-refractivity contribution in [2.45, 2.75) is 19.6 Å². The molecule has 42 heavy (non-hydrogen) atoms. The largest absolute Gasteiger partial charge is 1.00 e. The smallest absolute Gasteiger partial charge is 0.744 e. The fourth-order valence-corrected chi connectivity index (χ4v) is 5.82. The van der Waals surface area contributed by atoms with Gasteiger partial charge in [0.05, 0.1) is 9.79 Å². The molecule has 0 radical (unpaired) electrons. The number of hydrogen-bond acceptors (Lipinski definition) is 12. The number of rotatable bonds is 6. The monoisotopic (exact) mass is 696 g/mol. The molecule has 0 N–H and O–H groups in total. The fourth-order valence-electron chi connectivity index (χ4n) is 2.79. The summed E-state index contributed by atoms with van der Waals surface area (Å²) in [7, 11) is -9.00. The van der Waals surface area contributed by atoms with Gasteiger partial charge in [0.1, 0.15) is 31.7 Å². The molecule has 0 aromatic heterocycles. The second kappa shape index (κ2) is 18.9. The van der Waals surface area contributed by atoms with Gasteiger partial charge in [-0.1, -0.05) is 48.5 Å². The Labute approximate surface area is 308 Å². The van der Waals surface area contributed by atoms with Gasteiger partial charge in [0.2, 0.25) is 8.77 Å². The Hall–Kier alpha value is -0.820. The van der Waals surface area contributed by atoms with E-state index in [1.807, 2.05) is 60.7 Å². The molecule has 0 unspecified atom stereocenters. The van der Waals surface area contributed by atoms with Crippen LogP contribution in [-0.4, -0.2) is 34.7 Å². The van der Waals surface area contributed by atoms with Crippen LogP contribution in [0.1, 0.15) is 0 Å². The molecule has 4 aromatic carbocycles. The molecule has 208 valence electrons. The molecule has 0 aliphatic rings. The Morgan fingerprint density at radius 1 is 0.548 bits per heavy atom. The van der Waals surface area contributed by atoms with Crippen molar-refractivity contribution in [3.05, 3.63) is 109 Å². The van der Waals surface area contributed by atoms with Crippen LogP contribution in [0.3, 0.4) is 0 Å². The first-order valence-electron chi connectivity index (χ1n) is 10.9. The Bertz CT molecular complexity index is 1560. The molecule has 0 bridgehead atoms. The van der Waals surface area contributed by atoms with Crippen molar-refractivity contribution >= 4 is 77.0 Å². The zero-order valence-electron chi connectivity index (χ0n) is 22.1. The SMILES string of the molecule is O=S(=O)([O-])c1cccc(OC(=S)Sc2ccccc2)c1.O=S(=O)([O-])c1cccc(OC(=S)Sc2ccccc2)c1.[Na+].[Na+]. The second-order valence-electron chi connectivity index (χ2n) is 7.39. The number of hydrogen-bond donors (Lipinski definition) is 0. The van der Waals surface area contributed by atoms with Crippen molar-refractivity contribution in [2.75, 3.05) is 0 Å². The quantitative estimate of drug-likeness (QED) is 0.117. The predicted octanol–water partition coefficient (Wildman–Crippen LogP) is 0.101. The molecule has 0 heterocycles. The van der Waals surface area contributed by atoms with Crippen LogP contribution in [0, 0.1) is 0 Å². The molecule has 0 aliphatic carbocycles. The van der Waals surface area contributed by atoms with Crippen LogP contribution in [0.25, 0.3) is 0 Å². The minimum Gasteiger partial charge on any atom is -0.744 e. The summed E-state index contributed by atoms with van der Waals surface area (Å²) < 4.78 is 76.6. The van der Waals surface area contributed by atoms with Crippen molar-refractivity contribution in [3.8, 4) is 11.5 Å². The molecular formula is C26H18Na2O8S6. The van der Waals surface area contributed by atoms with Crippen molar-refractivity contribution in [2.24, 2.45) is 0 Å². The average molecular weight is 697 g/mol. The molecule has 0 saturated heterocycles. The third-order valence-corrected chi connectivity index (χ3v) is 8.32. The van der Waals surface area contributed by atoms with Gasteiger partial charge in [0.25, 0.3) is 0 Å². The zero-order chi connectivity index (χ0) is 29.2. The average Bonchev–Trinajstić information content (AvgIpc) is 2.89. The van der Waals surface area contributed by atoms with Gasteiger partial charge in [-0.05, 0) is 109 Å². The first kappa shape index (κ1) is 39.2. The Balaban J connectivity index is 0.000000401. The van der Waals surface area contributed by atoms with Gasteiger partial charge in [-0.2, -0.15) is 0 Å². The van der Waals surface area contributed by atoms with Crippen LogP contribution in [-0.2, 0) is 20.2 Å². The van der Waals surface area contributed by atoms with Gasteiger partial charge in [0.15, 0.2) is 0 Å². The van der Waals surface area contributed by atoms with Crippen LogP contribution in [0.15, 0.2) is 129 Å². The summed E-state index contributed by atoms with van der Waals surface area (Å²) in [5, 5.41) is 0. The summed E-state index contributed by atoms with van der Waals surface area (Å²) in [4.78, 5) is 1.13. The zero-order valence-corrected chi connectivity index (χ0v) is 31.0. The van der Waals surface area contributed by atoms with E-state index in [9.17, 15) is 25.9 Å². The van der Waals surface area contributed by atoms with Gasteiger partial charge in [-0.15, -0.1) is 0 Å². The van der Waals surface area contributed by atoms with E-state index in [4.69, 9.17) is 33.9 Å². The normalized spacial score (nSPS) is 10.5. The Kier molecular flexibility index (Phi) is 17.6. The van der Waals surface area contributed by atoms with E-state index in [0.29, 0.717) is 0 Å². The van der Waals surface area contributed by atoms with Crippen LogP contribution in [0.5, 0.6) is 11.5 Å². The first-order valence-corrected chi connectivity index (χ1v) is 16.2. The first-order chi connectivity index (χ1) is 18.9. The van der Waals surface area contributed by atoms with E-state index in [-0.39, 0.29) is 89.2 Å². The van der Waals surface area contributed by atoms with E-state index >= 15 is 0 Å². The van der Waals surface area contributed by atoms with Crippen LogP contribution in [0.4, 0.5) is 0 Å². The minimum atomic E-state index is -4.50. The molecular weight excluding hydrogens is 679 g/mol. The molecule has 0 fully saturated rings. The number of benzene rings is 4. The third-order valence-electron chi connectivity index (χ3n) is 4.48. The maximum absolute atomic E-state index is 10.9. The van der Waals surface area contributed by atoms with Crippen molar-refractivity contribution < 1.29 is 94.5 Å². The maximum Gasteiger partial charge on any atom is 1.00 e. The van der Waals surface area contributed by atoms with Crippen LogP contribution in [0.2, 0.25) is 0 Å². The third kappa shape index (κ3) is 14.3. The van der Waals surface area contributed by atoms with Crippen molar-refractivity contribution in [3.63, 3.8) is 0 Å².